The smallest absolute Gasteiger partial charge is 0.270 e. The standard InChI is InChI=1S/C18H10FN5/c1-20-15-7-6-14-18(24-15)16(11-2-4-13(19)5-3-11)17(23-14)12-8-21-10-22-9-12/h2-10,23H. The maximum Gasteiger partial charge on any atom is 0.270 e. The van der Waals surface area contributed by atoms with Crippen molar-refractivity contribution in [1.29, 1.82) is 0 Å². The number of pyridine rings is 1. The molecule has 3 heterocycles. The first-order valence-electron chi connectivity index (χ1n) is 7.18. The van der Waals surface area contributed by atoms with E-state index in [1.54, 1.807) is 30.6 Å². The number of benzene rings is 1. The fourth-order valence-corrected chi connectivity index (χ4v) is 2.66. The Morgan fingerprint density at radius 3 is 2.42 bits per heavy atom. The Labute approximate surface area is 136 Å². The van der Waals surface area contributed by atoms with Gasteiger partial charge in [0.15, 0.2) is 5.52 Å². The van der Waals surface area contributed by atoms with Crippen molar-refractivity contribution >= 4 is 16.9 Å². The fraction of sp³-hybridized carbons (Fsp3) is 0. The highest BCUT2D eigenvalue weighted by molar-refractivity contribution is 6.01. The Kier molecular flexibility index (Phi) is 3.25. The zero-order valence-corrected chi connectivity index (χ0v) is 12.4. The molecule has 114 valence electrons. The molecule has 0 saturated heterocycles. The highest BCUT2D eigenvalue weighted by atomic mass is 19.1. The van der Waals surface area contributed by atoms with Crippen LogP contribution in [-0.2, 0) is 0 Å². The van der Waals surface area contributed by atoms with Crippen LogP contribution in [0.4, 0.5) is 10.2 Å². The number of hydrogen-bond acceptors (Lipinski definition) is 3. The molecule has 0 aliphatic rings. The molecule has 1 aromatic carbocycles. The number of hydrogen-bond donors (Lipinski definition) is 1. The van der Waals surface area contributed by atoms with E-state index in [-0.39, 0.29) is 5.82 Å². The maximum atomic E-state index is 13.3. The molecule has 3 aromatic heterocycles. The van der Waals surface area contributed by atoms with Gasteiger partial charge >= 0.3 is 0 Å². The molecule has 0 saturated carbocycles. The normalized spacial score (nSPS) is 10.7. The van der Waals surface area contributed by atoms with Gasteiger partial charge in [0, 0.05) is 18.0 Å². The topological polar surface area (TPSA) is 58.8 Å². The lowest BCUT2D eigenvalue weighted by Gasteiger charge is -2.03. The van der Waals surface area contributed by atoms with E-state index < -0.39 is 0 Å². The number of fused-ring (bicyclic) bond motifs is 1. The van der Waals surface area contributed by atoms with Gasteiger partial charge in [-0.3, -0.25) is 0 Å². The molecule has 0 atom stereocenters. The monoisotopic (exact) mass is 315 g/mol. The van der Waals surface area contributed by atoms with E-state index in [1.165, 1.54) is 18.5 Å². The molecule has 0 amide bonds. The molecule has 4 rings (SSSR count). The Hall–Kier alpha value is -3.59. The maximum absolute atomic E-state index is 13.3. The molecule has 0 aliphatic heterocycles. The first-order valence-corrected chi connectivity index (χ1v) is 7.18. The van der Waals surface area contributed by atoms with E-state index in [1.807, 2.05) is 6.07 Å². The van der Waals surface area contributed by atoms with E-state index >= 15 is 0 Å². The molecule has 5 nitrogen and oxygen atoms in total. The van der Waals surface area contributed by atoms with Crippen LogP contribution >= 0.6 is 0 Å². The number of rotatable bonds is 2. The zero-order valence-electron chi connectivity index (χ0n) is 12.4. The molecular weight excluding hydrogens is 305 g/mol. The van der Waals surface area contributed by atoms with Crippen molar-refractivity contribution in [3.05, 3.63) is 72.4 Å². The fourth-order valence-electron chi connectivity index (χ4n) is 2.66. The minimum Gasteiger partial charge on any atom is -0.361 e. The number of halogens is 1. The third-order valence-electron chi connectivity index (χ3n) is 3.72. The average molecular weight is 315 g/mol. The van der Waals surface area contributed by atoms with Crippen LogP contribution < -0.4 is 0 Å². The van der Waals surface area contributed by atoms with Gasteiger partial charge < -0.3 is 9.83 Å². The molecule has 4 aromatic rings. The van der Waals surface area contributed by atoms with Gasteiger partial charge in [0.2, 0.25) is 0 Å². The summed E-state index contributed by atoms with van der Waals surface area (Å²) in [5.41, 5.74) is 4.63. The molecule has 0 radical (unpaired) electrons. The Morgan fingerprint density at radius 2 is 1.71 bits per heavy atom. The zero-order chi connectivity index (χ0) is 16.5. The van der Waals surface area contributed by atoms with Crippen LogP contribution in [0, 0.1) is 12.4 Å². The highest BCUT2D eigenvalue weighted by Crippen LogP contribution is 2.37. The number of nitrogens with one attached hydrogen (secondary N) is 1. The van der Waals surface area contributed by atoms with E-state index in [4.69, 9.17) is 6.57 Å². The Bertz CT molecular complexity index is 1060. The minimum absolute atomic E-state index is 0.306. The summed E-state index contributed by atoms with van der Waals surface area (Å²) in [7, 11) is 0. The third kappa shape index (κ3) is 2.29. The average Bonchev–Trinajstić information content (AvgIpc) is 3.01. The predicted molar refractivity (Wildman–Crippen MR) is 88.8 cm³/mol. The second-order valence-corrected chi connectivity index (χ2v) is 5.19. The van der Waals surface area contributed by atoms with Gasteiger partial charge in [-0.1, -0.05) is 18.7 Å². The van der Waals surface area contributed by atoms with Crippen molar-refractivity contribution in [2.24, 2.45) is 0 Å². The Morgan fingerprint density at radius 1 is 0.958 bits per heavy atom. The van der Waals surface area contributed by atoms with Gasteiger partial charge in [-0.15, -0.1) is 4.98 Å². The van der Waals surface area contributed by atoms with Crippen LogP contribution in [0.15, 0.2) is 55.1 Å². The summed E-state index contributed by atoms with van der Waals surface area (Å²) in [5.74, 6) is -0.00119. The van der Waals surface area contributed by atoms with Crippen LogP contribution in [-0.4, -0.2) is 19.9 Å². The molecule has 1 N–H and O–H groups in total. The van der Waals surface area contributed by atoms with Crippen LogP contribution in [0.5, 0.6) is 0 Å². The quantitative estimate of drug-likeness (QED) is 0.559. The number of nitrogens with zero attached hydrogens (tertiary/aromatic N) is 4. The third-order valence-corrected chi connectivity index (χ3v) is 3.72. The summed E-state index contributed by atoms with van der Waals surface area (Å²) >= 11 is 0. The van der Waals surface area contributed by atoms with Gasteiger partial charge in [0.25, 0.3) is 5.82 Å². The summed E-state index contributed by atoms with van der Waals surface area (Å²) in [4.78, 5) is 19.2. The molecule has 0 unspecified atom stereocenters. The lowest BCUT2D eigenvalue weighted by Crippen LogP contribution is -1.86. The van der Waals surface area contributed by atoms with Gasteiger partial charge in [0.1, 0.15) is 12.1 Å². The van der Waals surface area contributed by atoms with Crippen molar-refractivity contribution in [3.63, 3.8) is 0 Å². The summed E-state index contributed by atoms with van der Waals surface area (Å²) in [6, 6.07) is 9.66. The second-order valence-electron chi connectivity index (χ2n) is 5.19. The molecule has 0 fully saturated rings. The number of H-pyrrole nitrogens is 1. The van der Waals surface area contributed by atoms with Crippen LogP contribution in [0.3, 0.4) is 0 Å². The van der Waals surface area contributed by atoms with Crippen molar-refractivity contribution in [3.8, 4) is 22.4 Å². The van der Waals surface area contributed by atoms with E-state index in [9.17, 15) is 4.39 Å². The van der Waals surface area contributed by atoms with Gasteiger partial charge in [-0.05, 0) is 29.8 Å². The molecule has 0 bridgehead atoms. The van der Waals surface area contributed by atoms with Crippen LogP contribution in [0.1, 0.15) is 0 Å². The van der Waals surface area contributed by atoms with E-state index in [0.717, 1.165) is 27.9 Å². The van der Waals surface area contributed by atoms with Gasteiger partial charge in [-0.2, -0.15) is 0 Å². The van der Waals surface area contributed by atoms with Crippen molar-refractivity contribution in [2.75, 3.05) is 0 Å². The summed E-state index contributed by atoms with van der Waals surface area (Å²) < 4.78 is 13.3. The van der Waals surface area contributed by atoms with Gasteiger partial charge in [-0.25, -0.2) is 14.4 Å². The van der Waals surface area contributed by atoms with Gasteiger partial charge in [0.05, 0.1) is 16.8 Å². The summed E-state index contributed by atoms with van der Waals surface area (Å²) in [5, 5.41) is 0. The Balaban J connectivity index is 2.06. The van der Waals surface area contributed by atoms with E-state index in [2.05, 4.69) is 24.8 Å². The van der Waals surface area contributed by atoms with Crippen molar-refractivity contribution in [1.82, 2.24) is 19.9 Å². The first-order chi connectivity index (χ1) is 11.8. The van der Waals surface area contributed by atoms with Crippen LogP contribution in [0.2, 0.25) is 0 Å². The summed E-state index contributed by atoms with van der Waals surface area (Å²) in [6.07, 6.45) is 4.85. The lowest BCUT2D eigenvalue weighted by molar-refractivity contribution is 0.628. The van der Waals surface area contributed by atoms with Crippen LogP contribution in [0.25, 0.3) is 38.3 Å². The number of aromatic nitrogens is 4. The highest BCUT2D eigenvalue weighted by Gasteiger charge is 2.19. The largest absolute Gasteiger partial charge is 0.361 e. The van der Waals surface area contributed by atoms with Crippen molar-refractivity contribution in [2.45, 2.75) is 0 Å². The SMILES string of the molecule is [C-]#[N+]c1ccc2[nH]c(-c3cncnc3)c(-c3ccc(F)cc3)c2n1. The lowest BCUT2D eigenvalue weighted by atomic mass is 10.0. The molecule has 0 aliphatic carbocycles. The minimum atomic E-state index is -0.307. The molecule has 6 heteroatoms. The molecule has 24 heavy (non-hydrogen) atoms. The predicted octanol–water partition coefficient (Wildman–Crippen LogP) is 4.38. The molecular formula is C18H10FN5. The number of aromatic amines is 1. The molecule has 0 spiro atoms. The first kappa shape index (κ1) is 14.0. The summed E-state index contributed by atoms with van der Waals surface area (Å²) in [6.45, 7) is 7.18. The van der Waals surface area contributed by atoms with Crippen molar-refractivity contribution < 1.29 is 4.39 Å². The van der Waals surface area contributed by atoms with E-state index in [0.29, 0.717) is 11.3 Å². The second kappa shape index (κ2) is 5.56.